The van der Waals surface area contributed by atoms with E-state index in [1.165, 1.54) is 22.9 Å². The normalized spacial score (nSPS) is 11.6. The number of hydrogen-bond acceptors (Lipinski definition) is 7. The van der Waals surface area contributed by atoms with E-state index in [9.17, 15) is 22.8 Å². The van der Waals surface area contributed by atoms with Crippen LogP contribution in [-0.2, 0) is 20.3 Å². The van der Waals surface area contributed by atoms with Crippen molar-refractivity contribution in [1.82, 2.24) is 29.3 Å². The summed E-state index contributed by atoms with van der Waals surface area (Å²) in [4.78, 5) is 39.4. The molecule has 0 aliphatic carbocycles. The molecule has 0 spiro atoms. The molecule has 0 saturated heterocycles. The average molecular weight is 549 g/mol. The quantitative estimate of drug-likeness (QED) is 0.325. The van der Waals surface area contributed by atoms with Crippen LogP contribution in [0.2, 0.25) is 0 Å². The topological polar surface area (TPSA) is 120 Å². The zero-order valence-electron chi connectivity index (χ0n) is 21.8. The van der Waals surface area contributed by atoms with Crippen molar-refractivity contribution in [2.75, 3.05) is 10.6 Å². The van der Waals surface area contributed by atoms with Gasteiger partial charge >= 0.3 is 6.18 Å². The van der Waals surface area contributed by atoms with E-state index in [1.54, 1.807) is 43.9 Å². The van der Waals surface area contributed by atoms with Crippen LogP contribution >= 0.6 is 0 Å². The van der Waals surface area contributed by atoms with Crippen LogP contribution < -0.4 is 16.2 Å². The van der Waals surface area contributed by atoms with Crippen LogP contribution in [-0.4, -0.2) is 35.2 Å². The van der Waals surface area contributed by atoms with Gasteiger partial charge in [0.15, 0.2) is 5.65 Å². The molecule has 0 unspecified atom stereocenters. The van der Waals surface area contributed by atoms with E-state index in [-0.39, 0.29) is 22.9 Å². The van der Waals surface area contributed by atoms with Crippen molar-refractivity contribution < 1.29 is 18.0 Å². The van der Waals surface area contributed by atoms with Crippen molar-refractivity contribution in [2.24, 2.45) is 14.1 Å². The van der Waals surface area contributed by atoms with Crippen molar-refractivity contribution in [2.45, 2.75) is 20.0 Å². The predicted molar refractivity (Wildman–Crippen MR) is 143 cm³/mol. The average Bonchev–Trinajstić information content (AvgIpc) is 3.23. The highest BCUT2D eigenvalue weighted by molar-refractivity contribution is 6.04. The Kier molecular flexibility index (Phi) is 6.57. The Morgan fingerprint density at radius 2 is 1.77 bits per heavy atom. The first-order chi connectivity index (χ1) is 18.9. The molecule has 0 bridgehead atoms. The number of alkyl halides is 3. The summed E-state index contributed by atoms with van der Waals surface area (Å²) in [6.45, 7) is 3.63. The maximum atomic E-state index is 13.4. The number of fused-ring (bicyclic) bond motifs is 1. The van der Waals surface area contributed by atoms with E-state index in [2.05, 4.69) is 30.7 Å². The van der Waals surface area contributed by atoms with E-state index in [0.717, 1.165) is 17.8 Å². The SMILES string of the molecule is Cc1cc(Nc2ncc3nc(-c4cc(NC(=O)c5cccc(C(F)(F)F)c5)ccc4C)c(=O)n(C)c3n2)n(C)n1. The lowest BCUT2D eigenvalue weighted by molar-refractivity contribution is -0.137. The lowest BCUT2D eigenvalue weighted by Crippen LogP contribution is -2.22. The van der Waals surface area contributed by atoms with E-state index in [4.69, 9.17) is 0 Å². The van der Waals surface area contributed by atoms with Gasteiger partial charge in [0.1, 0.15) is 17.0 Å². The summed E-state index contributed by atoms with van der Waals surface area (Å²) in [5, 5.41) is 9.94. The number of carbonyl (C=O) groups is 1. The van der Waals surface area contributed by atoms with Gasteiger partial charge in [-0.15, -0.1) is 0 Å². The molecule has 0 radical (unpaired) electrons. The highest BCUT2D eigenvalue weighted by atomic mass is 19.4. The molecule has 3 heterocycles. The van der Waals surface area contributed by atoms with Gasteiger partial charge in [0.25, 0.3) is 11.5 Å². The molecule has 0 saturated carbocycles. The van der Waals surface area contributed by atoms with E-state index < -0.39 is 23.2 Å². The van der Waals surface area contributed by atoms with Crippen molar-refractivity contribution in [1.29, 1.82) is 0 Å². The van der Waals surface area contributed by atoms with Crippen LogP contribution in [0.15, 0.2) is 59.5 Å². The summed E-state index contributed by atoms with van der Waals surface area (Å²) in [5.41, 5.74) is 1.50. The van der Waals surface area contributed by atoms with Gasteiger partial charge in [0.2, 0.25) is 5.95 Å². The van der Waals surface area contributed by atoms with Gasteiger partial charge < -0.3 is 10.6 Å². The van der Waals surface area contributed by atoms with E-state index in [0.29, 0.717) is 28.1 Å². The van der Waals surface area contributed by atoms with Gasteiger partial charge in [0.05, 0.1) is 17.5 Å². The number of carbonyl (C=O) groups excluding carboxylic acids is 1. The minimum atomic E-state index is -4.58. The molecule has 10 nitrogen and oxygen atoms in total. The van der Waals surface area contributed by atoms with Crippen molar-refractivity contribution >= 4 is 34.5 Å². The van der Waals surface area contributed by atoms with E-state index >= 15 is 0 Å². The maximum Gasteiger partial charge on any atom is 0.416 e. The number of nitrogens with one attached hydrogen (secondary N) is 2. The van der Waals surface area contributed by atoms with Crippen LogP contribution in [0.3, 0.4) is 0 Å². The Morgan fingerprint density at radius 3 is 2.48 bits per heavy atom. The Morgan fingerprint density at radius 1 is 1.00 bits per heavy atom. The molecular weight excluding hydrogens is 525 g/mol. The molecular formula is C27H23F3N8O2. The summed E-state index contributed by atoms with van der Waals surface area (Å²) < 4.78 is 42.2. The Balaban J connectivity index is 1.47. The summed E-state index contributed by atoms with van der Waals surface area (Å²) >= 11 is 0. The fourth-order valence-corrected chi connectivity index (χ4v) is 4.19. The lowest BCUT2D eigenvalue weighted by Gasteiger charge is -2.13. The fraction of sp³-hybridized carbons (Fsp3) is 0.185. The molecule has 0 aliphatic heterocycles. The molecule has 5 aromatic rings. The molecule has 3 aromatic heterocycles. The lowest BCUT2D eigenvalue weighted by atomic mass is 10.0. The first-order valence-corrected chi connectivity index (χ1v) is 12.0. The summed E-state index contributed by atoms with van der Waals surface area (Å²) in [6, 6.07) is 10.8. The smallest absolute Gasteiger partial charge is 0.322 e. The first-order valence-electron chi connectivity index (χ1n) is 12.0. The fourth-order valence-electron chi connectivity index (χ4n) is 4.19. The second-order valence-electron chi connectivity index (χ2n) is 9.21. The van der Waals surface area contributed by atoms with Gasteiger partial charge in [-0.1, -0.05) is 12.1 Å². The third-order valence-electron chi connectivity index (χ3n) is 6.25. The first kappa shape index (κ1) is 26.5. The summed E-state index contributed by atoms with van der Waals surface area (Å²) in [6.07, 6.45) is -3.08. The minimum absolute atomic E-state index is 0.106. The van der Waals surface area contributed by atoms with Crippen LogP contribution in [0.1, 0.15) is 27.2 Å². The highest BCUT2D eigenvalue weighted by Crippen LogP contribution is 2.30. The second-order valence-corrected chi connectivity index (χ2v) is 9.21. The zero-order valence-corrected chi connectivity index (χ0v) is 21.8. The van der Waals surface area contributed by atoms with Gasteiger partial charge in [-0.2, -0.15) is 23.3 Å². The van der Waals surface area contributed by atoms with Crippen molar-refractivity contribution in [3.63, 3.8) is 0 Å². The zero-order chi connectivity index (χ0) is 28.8. The largest absolute Gasteiger partial charge is 0.416 e. The van der Waals surface area contributed by atoms with Crippen molar-refractivity contribution in [3.05, 3.63) is 87.5 Å². The van der Waals surface area contributed by atoms with Crippen LogP contribution in [0.25, 0.3) is 22.4 Å². The Labute approximate surface area is 225 Å². The van der Waals surface area contributed by atoms with Crippen molar-refractivity contribution in [3.8, 4) is 11.3 Å². The standard InChI is InChI=1S/C27H23F3N8O2/c1-14-8-9-18(32-24(39)16-6-5-7-17(11-16)27(28,29)30)12-19(14)22-25(40)37(3)23-20(33-22)13-31-26(35-23)34-21-10-15(2)36-38(21)4/h5-13H,1-4H3,(H,32,39)(H,31,34,35). The third kappa shape index (κ3) is 5.13. The molecule has 0 fully saturated rings. The van der Waals surface area contributed by atoms with Crippen LogP contribution in [0.5, 0.6) is 0 Å². The number of rotatable bonds is 5. The number of benzene rings is 2. The molecule has 2 aromatic carbocycles. The van der Waals surface area contributed by atoms with E-state index in [1.807, 2.05) is 13.0 Å². The number of nitrogens with zero attached hydrogens (tertiary/aromatic N) is 6. The molecule has 0 aliphatic rings. The molecule has 2 N–H and O–H groups in total. The number of aromatic nitrogens is 6. The van der Waals surface area contributed by atoms with Gasteiger partial charge in [-0.3, -0.25) is 18.8 Å². The number of halogens is 3. The molecule has 1 amide bonds. The Hall–Kier alpha value is -5.07. The molecule has 5 rings (SSSR count). The predicted octanol–water partition coefficient (Wildman–Crippen LogP) is 4.76. The van der Waals surface area contributed by atoms with Gasteiger partial charge in [0, 0.05) is 37.0 Å². The molecule has 204 valence electrons. The van der Waals surface area contributed by atoms with Gasteiger partial charge in [-0.05, 0) is 49.7 Å². The molecule has 0 atom stereocenters. The minimum Gasteiger partial charge on any atom is -0.322 e. The Bertz CT molecular complexity index is 1840. The summed E-state index contributed by atoms with van der Waals surface area (Å²) in [5.74, 6) is 0.207. The number of aryl methyl sites for hydroxylation is 4. The monoisotopic (exact) mass is 548 g/mol. The van der Waals surface area contributed by atoms with Crippen LogP contribution in [0, 0.1) is 13.8 Å². The maximum absolute atomic E-state index is 13.4. The number of hydrogen-bond donors (Lipinski definition) is 2. The second kappa shape index (κ2) is 9.91. The molecule has 40 heavy (non-hydrogen) atoms. The molecule has 13 heteroatoms. The van der Waals surface area contributed by atoms with Gasteiger partial charge in [-0.25, -0.2) is 9.97 Å². The highest BCUT2D eigenvalue weighted by Gasteiger charge is 2.31. The number of amides is 1. The third-order valence-corrected chi connectivity index (χ3v) is 6.25. The van der Waals surface area contributed by atoms with Crippen LogP contribution in [0.4, 0.5) is 30.6 Å². The number of anilines is 3. The summed E-state index contributed by atoms with van der Waals surface area (Å²) in [7, 11) is 3.34.